The molecule has 2 heteroatoms. The van der Waals surface area contributed by atoms with Gasteiger partial charge in [0.2, 0.25) is 0 Å². The molecular formula is C19H36N2. The maximum atomic E-state index is 8.55. The Balaban J connectivity index is 2.23. The first-order valence-electron chi connectivity index (χ1n) is 9.42. The Morgan fingerprint density at radius 1 is 0.952 bits per heavy atom. The van der Waals surface area contributed by atoms with Gasteiger partial charge in [0.25, 0.3) is 0 Å². The average Bonchev–Trinajstić information content (AvgIpc) is 2.49. The van der Waals surface area contributed by atoms with E-state index < -0.39 is 0 Å². The monoisotopic (exact) mass is 292 g/mol. The van der Waals surface area contributed by atoms with E-state index in [9.17, 15) is 0 Å². The Morgan fingerprint density at radius 3 is 2.43 bits per heavy atom. The third kappa shape index (κ3) is 7.86. The number of nitrogens with two attached hydrogens (primary N) is 1. The molecule has 0 aromatic rings. The molecule has 1 fully saturated rings. The van der Waals surface area contributed by atoms with Gasteiger partial charge in [0.05, 0.1) is 6.07 Å². The number of nitriles is 1. The topological polar surface area (TPSA) is 49.8 Å². The van der Waals surface area contributed by atoms with Crippen LogP contribution in [-0.2, 0) is 0 Å². The zero-order chi connectivity index (χ0) is 15.3. The maximum Gasteiger partial charge on any atom is 0.0621 e. The second kappa shape index (κ2) is 12.0. The van der Waals surface area contributed by atoms with Crippen LogP contribution < -0.4 is 5.73 Å². The summed E-state index contributed by atoms with van der Waals surface area (Å²) in [4.78, 5) is 0. The van der Waals surface area contributed by atoms with Crippen LogP contribution in [0.4, 0.5) is 0 Å². The number of nitrogens with zero attached hydrogens (tertiary/aromatic N) is 1. The van der Waals surface area contributed by atoms with E-state index in [2.05, 4.69) is 13.0 Å². The maximum absolute atomic E-state index is 8.55. The summed E-state index contributed by atoms with van der Waals surface area (Å²) >= 11 is 0. The summed E-state index contributed by atoms with van der Waals surface area (Å²) < 4.78 is 0. The highest BCUT2D eigenvalue weighted by atomic mass is 14.7. The largest absolute Gasteiger partial charge is 0.327 e. The summed E-state index contributed by atoms with van der Waals surface area (Å²) in [6.45, 7) is 2.28. The molecule has 122 valence electrons. The van der Waals surface area contributed by atoms with Gasteiger partial charge in [-0.05, 0) is 31.1 Å². The molecule has 1 aliphatic rings. The molecular weight excluding hydrogens is 256 g/mol. The van der Waals surface area contributed by atoms with Gasteiger partial charge in [0.15, 0.2) is 0 Å². The quantitative estimate of drug-likeness (QED) is 0.506. The molecule has 0 bridgehead atoms. The molecule has 0 aliphatic heterocycles. The highest BCUT2D eigenvalue weighted by molar-refractivity contribution is 4.84. The van der Waals surface area contributed by atoms with E-state index in [4.69, 9.17) is 11.0 Å². The van der Waals surface area contributed by atoms with Gasteiger partial charge in [-0.1, -0.05) is 71.1 Å². The molecule has 3 atom stereocenters. The molecule has 0 aromatic heterocycles. The first kappa shape index (κ1) is 18.5. The van der Waals surface area contributed by atoms with Crippen LogP contribution in [-0.4, -0.2) is 6.04 Å². The lowest BCUT2D eigenvalue weighted by Gasteiger charge is -2.37. The first-order chi connectivity index (χ1) is 10.3. The summed E-state index contributed by atoms with van der Waals surface area (Å²) in [5.74, 6) is 1.67. The van der Waals surface area contributed by atoms with Crippen molar-refractivity contribution in [3.8, 4) is 6.07 Å². The van der Waals surface area contributed by atoms with Crippen molar-refractivity contribution in [1.29, 1.82) is 5.26 Å². The van der Waals surface area contributed by atoms with Gasteiger partial charge >= 0.3 is 0 Å². The predicted molar refractivity (Wildman–Crippen MR) is 90.9 cm³/mol. The van der Waals surface area contributed by atoms with Crippen molar-refractivity contribution >= 4 is 0 Å². The van der Waals surface area contributed by atoms with Crippen molar-refractivity contribution in [3.63, 3.8) is 0 Å². The predicted octanol–water partition coefficient (Wildman–Crippen LogP) is 5.56. The standard InChI is InChI=1S/C19H36N2/c1-2-3-4-8-12-17-13-11-15-19(21)18(17)14-9-6-5-7-10-16-20/h17-19H,2-15,21H2,1H3. The molecule has 2 N–H and O–H groups in total. The molecule has 1 aliphatic carbocycles. The van der Waals surface area contributed by atoms with Crippen molar-refractivity contribution in [1.82, 2.24) is 0 Å². The molecule has 3 unspecified atom stereocenters. The molecule has 0 spiro atoms. The summed E-state index contributed by atoms with van der Waals surface area (Å²) in [5.41, 5.74) is 6.42. The number of rotatable bonds is 11. The van der Waals surface area contributed by atoms with E-state index in [1.807, 2.05) is 0 Å². The second-order valence-corrected chi connectivity index (χ2v) is 6.98. The van der Waals surface area contributed by atoms with Crippen LogP contribution in [0.1, 0.15) is 96.8 Å². The third-order valence-corrected chi connectivity index (χ3v) is 5.27. The second-order valence-electron chi connectivity index (χ2n) is 6.98. The lowest BCUT2D eigenvalue weighted by molar-refractivity contribution is 0.174. The minimum absolute atomic E-state index is 0.453. The van der Waals surface area contributed by atoms with Crippen LogP contribution in [0, 0.1) is 23.2 Å². The van der Waals surface area contributed by atoms with E-state index in [-0.39, 0.29) is 0 Å². The highest BCUT2D eigenvalue weighted by Gasteiger charge is 2.29. The number of hydrogen-bond acceptors (Lipinski definition) is 2. The average molecular weight is 293 g/mol. The fourth-order valence-electron chi connectivity index (χ4n) is 3.97. The van der Waals surface area contributed by atoms with Crippen LogP contribution in [0.5, 0.6) is 0 Å². The summed E-state index contributed by atoms with van der Waals surface area (Å²) in [6.07, 6.45) is 17.9. The van der Waals surface area contributed by atoms with Gasteiger partial charge in [-0.25, -0.2) is 0 Å². The number of unbranched alkanes of at least 4 members (excludes halogenated alkanes) is 7. The van der Waals surface area contributed by atoms with E-state index >= 15 is 0 Å². The van der Waals surface area contributed by atoms with E-state index in [0.29, 0.717) is 6.04 Å². The van der Waals surface area contributed by atoms with Crippen molar-refractivity contribution in [2.45, 2.75) is 103 Å². The fraction of sp³-hybridized carbons (Fsp3) is 0.947. The third-order valence-electron chi connectivity index (χ3n) is 5.27. The van der Waals surface area contributed by atoms with Crippen molar-refractivity contribution in [2.24, 2.45) is 17.6 Å². The van der Waals surface area contributed by atoms with E-state index in [1.54, 1.807) is 0 Å². The van der Waals surface area contributed by atoms with Crippen molar-refractivity contribution < 1.29 is 0 Å². The minimum atomic E-state index is 0.453. The SMILES string of the molecule is CCCCCCC1CCCC(N)C1CCCCCCC#N. The lowest BCUT2D eigenvalue weighted by atomic mass is 9.72. The van der Waals surface area contributed by atoms with Crippen LogP contribution in [0.25, 0.3) is 0 Å². The van der Waals surface area contributed by atoms with E-state index in [1.165, 1.54) is 77.0 Å². The molecule has 0 amide bonds. The first-order valence-corrected chi connectivity index (χ1v) is 9.42. The summed E-state index contributed by atoms with van der Waals surface area (Å²) in [5, 5.41) is 8.55. The van der Waals surface area contributed by atoms with Gasteiger partial charge in [0.1, 0.15) is 0 Å². The highest BCUT2D eigenvalue weighted by Crippen LogP contribution is 2.36. The fourth-order valence-corrected chi connectivity index (χ4v) is 3.97. The Kier molecular flexibility index (Phi) is 10.6. The zero-order valence-corrected chi connectivity index (χ0v) is 14.2. The van der Waals surface area contributed by atoms with Gasteiger partial charge in [-0.3, -0.25) is 0 Å². The van der Waals surface area contributed by atoms with Gasteiger partial charge in [-0.15, -0.1) is 0 Å². The Labute approximate surface area is 132 Å². The van der Waals surface area contributed by atoms with Crippen LogP contribution >= 0.6 is 0 Å². The molecule has 1 saturated carbocycles. The van der Waals surface area contributed by atoms with E-state index in [0.717, 1.165) is 24.7 Å². The van der Waals surface area contributed by atoms with Gasteiger partial charge < -0.3 is 5.73 Å². The van der Waals surface area contributed by atoms with Crippen molar-refractivity contribution in [2.75, 3.05) is 0 Å². The molecule has 0 aromatic carbocycles. The van der Waals surface area contributed by atoms with Crippen LogP contribution in [0.2, 0.25) is 0 Å². The van der Waals surface area contributed by atoms with Gasteiger partial charge in [-0.2, -0.15) is 5.26 Å². The Morgan fingerprint density at radius 2 is 1.67 bits per heavy atom. The van der Waals surface area contributed by atoms with Crippen LogP contribution in [0.3, 0.4) is 0 Å². The molecule has 0 heterocycles. The minimum Gasteiger partial charge on any atom is -0.327 e. The summed E-state index contributed by atoms with van der Waals surface area (Å²) in [7, 11) is 0. The van der Waals surface area contributed by atoms with Gasteiger partial charge in [0, 0.05) is 12.5 Å². The zero-order valence-electron chi connectivity index (χ0n) is 14.2. The van der Waals surface area contributed by atoms with Crippen molar-refractivity contribution in [3.05, 3.63) is 0 Å². The molecule has 0 radical (unpaired) electrons. The summed E-state index contributed by atoms with van der Waals surface area (Å²) in [6, 6.07) is 2.69. The number of hydrogen-bond donors (Lipinski definition) is 1. The molecule has 21 heavy (non-hydrogen) atoms. The Bertz CT molecular complexity index is 282. The molecule has 1 rings (SSSR count). The smallest absolute Gasteiger partial charge is 0.0621 e. The molecule has 0 saturated heterocycles. The Hall–Kier alpha value is -0.550. The lowest BCUT2D eigenvalue weighted by Crippen LogP contribution is -2.38. The van der Waals surface area contributed by atoms with Crippen LogP contribution in [0.15, 0.2) is 0 Å². The molecule has 2 nitrogen and oxygen atoms in total. The normalized spacial score (nSPS) is 25.7.